The molecule has 1 atom stereocenters. The lowest BCUT2D eigenvalue weighted by Gasteiger charge is -2.16. The minimum absolute atomic E-state index is 0.143. The Balaban J connectivity index is 1.92. The number of benzene rings is 2. The molecule has 0 saturated carbocycles. The summed E-state index contributed by atoms with van der Waals surface area (Å²) in [5, 5.41) is 4.30. The van der Waals surface area contributed by atoms with Crippen LogP contribution in [0.15, 0.2) is 42.5 Å². The van der Waals surface area contributed by atoms with Crippen molar-refractivity contribution >= 4 is 40.7 Å². The normalized spacial score (nSPS) is 11.8. The summed E-state index contributed by atoms with van der Waals surface area (Å²) >= 11 is 17.9. The van der Waals surface area contributed by atoms with E-state index in [2.05, 4.69) is 5.32 Å². The molecule has 0 unspecified atom stereocenters. The van der Waals surface area contributed by atoms with Gasteiger partial charge in [0, 0.05) is 10.0 Å². The first kappa shape index (κ1) is 16.9. The Labute approximate surface area is 144 Å². The van der Waals surface area contributed by atoms with E-state index in [9.17, 15) is 4.79 Å². The zero-order valence-corrected chi connectivity index (χ0v) is 14.0. The Kier molecular flexibility index (Phi) is 5.95. The topological polar surface area (TPSA) is 38.3 Å². The molecule has 0 fully saturated rings. The summed E-state index contributed by atoms with van der Waals surface area (Å²) in [6.45, 7) is 1.71. The highest BCUT2D eigenvalue weighted by atomic mass is 35.5. The fourth-order valence-electron chi connectivity index (χ4n) is 1.92. The number of carbonyl (C=O) groups is 1. The molecule has 0 aliphatic rings. The molecule has 22 heavy (non-hydrogen) atoms. The minimum Gasteiger partial charge on any atom is -0.482 e. The standard InChI is InChI=1S/C16H14Cl3NO2/c1-10(12-4-2-3-5-13(12)18)20-16(21)9-22-15-7-6-11(17)8-14(15)19/h2-8,10H,9H2,1H3,(H,20,21)/t10-/m1/s1. The van der Waals surface area contributed by atoms with Crippen LogP contribution in [0.5, 0.6) is 5.75 Å². The molecule has 0 aliphatic heterocycles. The van der Waals surface area contributed by atoms with Crippen LogP contribution in [0.4, 0.5) is 0 Å². The Morgan fingerprint density at radius 1 is 1.14 bits per heavy atom. The number of hydrogen-bond acceptors (Lipinski definition) is 2. The average molecular weight is 359 g/mol. The predicted molar refractivity (Wildman–Crippen MR) is 90.0 cm³/mol. The molecule has 2 aromatic carbocycles. The molecular weight excluding hydrogens is 345 g/mol. The summed E-state index contributed by atoms with van der Waals surface area (Å²) in [4.78, 5) is 11.9. The number of rotatable bonds is 5. The average Bonchev–Trinajstić information content (AvgIpc) is 2.46. The third-order valence-corrected chi connectivity index (χ3v) is 3.88. The van der Waals surface area contributed by atoms with Gasteiger partial charge < -0.3 is 10.1 Å². The van der Waals surface area contributed by atoms with Gasteiger partial charge in [-0.3, -0.25) is 4.79 Å². The fourth-order valence-corrected chi connectivity index (χ4v) is 2.69. The van der Waals surface area contributed by atoms with Gasteiger partial charge in [0.1, 0.15) is 5.75 Å². The summed E-state index contributed by atoms with van der Waals surface area (Å²) in [5.74, 6) is 0.144. The van der Waals surface area contributed by atoms with Crippen molar-refractivity contribution < 1.29 is 9.53 Å². The van der Waals surface area contributed by atoms with Gasteiger partial charge in [-0.05, 0) is 36.8 Å². The maximum absolute atomic E-state index is 11.9. The van der Waals surface area contributed by atoms with Crippen molar-refractivity contribution in [2.75, 3.05) is 6.61 Å². The molecule has 116 valence electrons. The van der Waals surface area contributed by atoms with E-state index in [4.69, 9.17) is 39.5 Å². The first-order chi connectivity index (χ1) is 10.5. The van der Waals surface area contributed by atoms with Gasteiger partial charge in [-0.25, -0.2) is 0 Å². The summed E-state index contributed by atoms with van der Waals surface area (Å²) in [6, 6.07) is 12.0. The molecule has 0 heterocycles. The first-order valence-corrected chi connectivity index (χ1v) is 7.72. The largest absolute Gasteiger partial charge is 0.482 e. The minimum atomic E-state index is -0.265. The smallest absolute Gasteiger partial charge is 0.258 e. The van der Waals surface area contributed by atoms with Crippen molar-refractivity contribution in [3.63, 3.8) is 0 Å². The van der Waals surface area contributed by atoms with E-state index in [1.165, 1.54) is 0 Å². The third-order valence-electron chi connectivity index (χ3n) is 3.00. The summed E-state index contributed by atoms with van der Waals surface area (Å²) in [7, 11) is 0. The van der Waals surface area contributed by atoms with Crippen molar-refractivity contribution in [3.05, 3.63) is 63.1 Å². The van der Waals surface area contributed by atoms with Gasteiger partial charge in [0.25, 0.3) is 5.91 Å². The molecule has 3 nitrogen and oxygen atoms in total. The van der Waals surface area contributed by atoms with Crippen LogP contribution in [0.3, 0.4) is 0 Å². The van der Waals surface area contributed by atoms with Gasteiger partial charge in [-0.15, -0.1) is 0 Å². The van der Waals surface area contributed by atoms with E-state index in [-0.39, 0.29) is 18.6 Å². The zero-order valence-electron chi connectivity index (χ0n) is 11.8. The Morgan fingerprint density at radius 2 is 1.86 bits per heavy atom. The van der Waals surface area contributed by atoms with Gasteiger partial charge in [0.2, 0.25) is 0 Å². The van der Waals surface area contributed by atoms with Crippen LogP contribution in [-0.2, 0) is 4.79 Å². The molecule has 1 N–H and O–H groups in total. The maximum atomic E-state index is 11.9. The molecule has 2 rings (SSSR count). The molecule has 0 spiro atoms. The van der Waals surface area contributed by atoms with Crippen molar-refractivity contribution in [1.29, 1.82) is 0 Å². The molecule has 2 aromatic rings. The molecule has 1 amide bonds. The molecule has 0 aromatic heterocycles. The van der Waals surface area contributed by atoms with Crippen molar-refractivity contribution in [2.24, 2.45) is 0 Å². The van der Waals surface area contributed by atoms with Gasteiger partial charge >= 0.3 is 0 Å². The Bertz CT molecular complexity index is 676. The van der Waals surface area contributed by atoms with Gasteiger partial charge in [-0.1, -0.05) is 53.0 Å². The quantitative estimate of drug-likeness (QED) is 0.825. The van der Waals surface area contributed by atoms with Gasteiger partial charge in [-0.2, -0.15) is 0 Å². The predicted octanol–water partition coefficient (Wildman–Crippen LogP) is 4.90. The number of amides is 1. The van der Waals surface area contributed by atoms with Gasteiger partial charge in [0.05, 0.1) is 11.1 Å². The lowest BCUT2D eigenvalue weighted by molar-refractivity contribution is -0.123. The fraction of sp³-hybridized carbons (Fsp3) is 0.188. The van der Waals surface area contributed by atoms with E-state index in [0.717, 1.165) is 5.56 Å². The second kappa shape index (κ2) is 7.73. The van der Waals surface area contributed by atoms with Crippen molar-refractivity contribution in [2.45, 2.75) is 13.0 Å². The van der Waals surface area contributed by atoms with Crippen molar-refractivity contribution in [1.82, 2.24) is 5.32 Å². The van der Waals surface area contributed by atoms with Crippen LogP contribution in [0.25, 0.3) is 0 Å². The van der Waals surface area contributed by atoms with E-state index in [0.29, 0.717) is 20.8 Å². The summed E-state index contributed by atoms with van der Waals surface area (Å²) in [5.41, 5.74) is 0.849. The van der Waals surface area contributed by atoms with Crippen molar-refractivity contribution in [3.8, 4) is 5.75 Å². The number of halogens is 3. The number of nitrogens with one attached hydrogen (secondary N) is 1. The molecule has 6 heteroatoms. The van der Waals surface area contributed by atoms with Crippen LogP contribution in [0.1, 0.15) is 18.5 Å². The van der Waals surface area contributed by atoms with E-state index in [1.807, 2.05) is 25.1 Å². The second-order valence-electron chi connectivity index (χ2n) is 4.67. The van der Waals surface area contributed by atoms with E-state index < -0.39 is 0 Å². The summed E-state index contributed by atoms with van der Waals surface area (Å²) in [6.07, 6.45) is 0. The third kappa shape index (κ3) is 4.54. The van der Waals surface area contributed by atoms with Crippen LogP contribution in [0.2, 0.25) is 15.1 Å². The Morgan fingerprint density at radius 3 is 2.55 bits per heavy atom. The second-order valence-corrected chi connectivity index (χ2v) is 5.92. The lowest BCUT2D eigenvalue weighted by Crippen LogP contribution is -2.31. The number of carbonyl (C=O) groups excluding carboxylic acids is 1. The molecule has 0 radical (unpaired) electrons. The van der Waals surface area contributed by atoms with Crippen LogP contribution < -0.4 is 10.1 Å². The highest BCUT2D eigenvalue weighted by Gasteiger charge is 2.13. The van der Waals surface area contributed by atoms with Crippen LogP contribution >= 0.6 is 34.8 Å². The molecular formula is C16H14Cl3NO2. The van der Waals surface area contributed by atoms with E-state index >= 15 is 0 Å². The number of hydrogen-bond donors (Lipinski definition) is 1. The molecule has 0 bridgehead atoms. The monoisotopic (exact) mass is 357 g/mol. The zero-order chi connectivity index (χ0) is 16.1. The first-order valence-electron chi connectivity index (χ1n) is 6.59. The Hall–Kier alpha value is -1.42. The summed E-state index contributed by atoms with van der Waals surface area (Å²) < 4.78 is 5.38. The van der Waals surface area contributed by atoms with Crippen LogP contribution in [0, 0.1) is 0 Å². The maximum Gasteiger partial charge on any atom is 0.258 e. The van der Waals surface area contributed by atoms with Crippen LogP contribution in [-0.4, -0.2) is 12.5 Å². The SMILES string of the molecule is C[C@@H](NC(=O)COc1ccc(Cl)cc1Cl)c1ccccc1Cl. The highest BCUT2D eigenvalue weighted by molar-refractivity contribution is 6.35. The van der Waals surface area contributed by atoms with E-state index in [1.54, 1.807) is 24.3 Å². The molecule has 0 aliphatic carbocycles. The molecule has 0 saturated heterocycles. The van der Waals surface area contributed by atoms with Gasteiger partial charge in [0.15, 0.2) is 6.61 Å². The lowest BCUT2D eigenvalue weighted by atomic mass is 10.1. The number of ether oxygens (including phenoxy) is 1. The highest BCUT2D eigenvalue weighted by Crippen LogP contribution is 2.27.